The number of likely N-dealkylation sites (N-methyl/N-ethyl adjacent to an activating group) is 1. The van der Waals surface area contributed by atoms with Crippen molar-refractivity contribution in [2.24, 2.45) is 5.92 Å². The quantitative estimate of drug-likeness (QED) is 0.798. The van der Waals surface area contributed by atoms with Crippen LogP contribution in [0.25, 0.3) is 0 Å². The number of piperidine rings is 1. The van der Waals surface area contributed by atoms with Gasteiger partial charge in [-0.15, -0.1) is 0 Å². The third kappa shape index (κ3) is 2.20. The topological polar surface area (TPSA) is 25.4 Å². The molecule has 1 saturated heterocycles. The molecular weight excluding hydrogens is 271 g/mol. The second-order valence-corrected chi connectivity index (χ2v) is 5.98. The maximum atomic E-state index is 5.92. The SMILES string of the molecule is CN1C(COc2cnc(Cl)c(Cl)c2)[C@@H]2CC[C@H]1C2. The molecule has 3 nitrogen and oxygen atoms in total. The van der Waals surface area contributed by atoms with E-state index < -0.39 is 0 Å². The number of rotatable bonds is 3. The molecule has 3 rings (SSSR count). The molecule has 2 bridgehead atoms. The summed E-state index contributed by atoms with van der Waals surface area (Å²) in [5.41, 5.74) is 0. The van der Waals surface area contributed by atoms with E-state index in [-0.39, 0.29) is 0 Å². The van der Waals surface area contributed by atoms with E-state index in [4.69, 9.17) is 27.9 Å². The summed E-state index contributed by atoms with van der Waals surface area (Å²) < 4.78 is 5.80. The average Bonchev–Trinajstić information content (AvgIpc) is 2.92. The molecule has 2 aliphatic rings. The number of hydrogen-bond acceptors (Lipinski definition) is 3. The van der Waals surface area contributed by atoms with Crippen LogP contribution in [0.5, 0.6) is 5.75 Å². The van der Waals surface area contributed by atoms with Crippen LogP contribution in [0.3, 0.4) is 0 Å². The van der Waals surface area contributed by atoms with Crippen LogP contribution >= 0.6 is 23.2 Å². The molecule has 0 aromatic carbocycles. The molecule has 98 valence electrons. The number of fused-ring (bicyclic) bond motifs is 2. The van der Waals surface area contributed by atoms with Crippen molar-refractivity contribution in [3.8, 4) is 5.75 Å². The molecule has 1 aromatic rings. The first-order valence-corrected chi connectivity index (χ1v) is 7.06. The smallest absolute Gasteiger partial charge is 0.147 e. The summed E-state index contributed by atoms with van der Waals surface area (Å²) >= 11 is 11.7. The molecule has 0 amide bonds. The first kappa shape index (κ1) is 12.5. The molecule has 0 N–H and O–H groups in total. The summed E-state index contributed by atoms with van der Waals surface area (Å²) in [5.74, 6) is 1.48. The number of ether oxygens (including phenoxy) is 1. The van der Waals surface area contributed by atoms with Crippen LogP contribution in [0.2, 0.25) is 10.2 Å². The van der Waals surface area contributed by atoms with Crippen molar-refractivity contribution in [1.29, 1.82) is 0 Å². The van der Waals surface area contributed by atoms with Gasteiger partial charge in [-0.25, -0.2) is 4.98 Å². The van der Waals surface area contributed by atoms with Crippen LogP contribution in [-0.4, -0.2) is 35.6 Å². The minimum Gasteiger partial charge on any atom is -0.490 e. The average molecular weight is 287 g/mol. The van der Waals surface area contributed by atoms with Gasteiger partial charge in [0.2, 0.25) is 0 Å². The van der Waals surface area contributed by atoms with Gasteiger partial charge in [-0.05, 0) is 32.2 Å². The molecule has 1 aliphatic heterocycles. The van der Waals surface area contributed by atoms with Gasteiger partial charge in [0, 0.05) is 18.2 Å². The Labute approximate surface area is 117 Å². The van der Waals surface area contributed by atoms with Gasteiger partial charge in [0.25, 0.3) is 0 Å². The van der Waals surface area contributed by atoms with Gasteiger partial charge >= 0.3 is 0 Å². The number of pyridine rings is 1. The summed E-state index contributed by atoms with van der Waals surface area (Å²) in [6.07, 6.45) is 5.63. The van der Waals surface area contributed by atoms with Gasteiger partial charge in [-0.2, -0.15) is 0 Å². The Hall–Kier alpha value is -0.510. The van der Waals surface area contributed by atoms with Crippen molar-refractivity contribution < 1.29 is 4.74 Å². The zero-order valence-corrected chi connectivity index (χ0v) is 11.8. The van der Waals surface area contributed by atoms with Crippen molar-refractivity contribution in [1.82, 2.24) is 9.88 Å². The molecule has 1 aliphatic carbocycles. The Morgan fingerprint density at radius 1 is 1.44 bits per heavy atom. The van der Waals surface area contributed by atoms with Gasteiger partial charge < -0.3 is 4.74 Å². The van der Waals surface area contributed by atoms with E-state index in [9.17, 15) is 0 Å². The van der Waals surface area contributed by atoms with Crippen LogP contribution < -0.4 is 4.74 Å². The van der Waals surface area contributed by atoms with E-state index in [1.54, 1.807) is 12.3 Å². The molecule has 1 unspecified atom stereocenters. The first-order valence-electron chi connectivity index (χ1n) is 6.31. The summed E-state index contributed by atoms with van der Waals surface area (Å²) in [6, 6.07) is 3.01. The van der Waals surface area contributed by atoms with Crippen LogP contribution in [0.1, 0.15) is 19.3 Å². The Morgan fingerprint density at radius 2 is 2.28 bits per heavy atom. The van der Waals surface area contributed by atoms with E-state index in [0.29, 0.717) is 28.6 Å². The van der Waals surface area contributed by atoms with E-state index in [0.717, 1.165) is 12.0 Å². The largest absolute Gasteiger partial charge is 0.490 e. The van der Waals surface area contributed by atoms with Crippen LogP contribution in [0.4, 0.5) is 0 Å². The van der Waals surface area contributed by atoms with Crippen LogP contribution in [-0.2, 0) is 0 Å². The molecule has 2 fully saturated rings. The first-order chi connectivity index (χ1) is 8.65. The van der Waals surface area contributed by atoms with E-state index >= 15 is 0 Å². The predicted molar refractivity (Wildman–Crippen MR) is 72.4 cm³/mol. The second kappa shape index (κ2) is 4.87. The fourth-order valence-corrected chi connectivity index (χ4v) is 3.49. The lowest BCUT2D eigenvalue weighted by molar-refractivity contribution is 0.118. The summed E-state index contributed by atoms with van der Waals surface area (Å²) in [6.45, 7) is 0.706. The lowest BCUT2D eigenvalue weighted by atomic mass is 10.00. The highest BCUT2D eigenvalue weighted by molar-refractivity contribution is 6.41. The van der Waals surface area contributed by atoms with Crippen molar-refractivity contribution in [3.05, 3.63) is 22.4 Å². The van der Waals surface area contributed by atoms with Gasteiger partial charge in [-0.1, -0.05) is 23.2 Å². The van der Waals surface area contributed by atoms with Gasteiger partial charge in [0.15, 0.2) is 0 Å². The maximum Gasteiger partial charge on any atom is 0.147 e. The molecular formula is C13H16Cl2N2O. The Morgan fingerprint density at radius 3 is 2.94 bits per heavy atom. The fourth-order valence-electron chi connectivity index (χ4n) is 3.23. The van der Waals surface area contributed by atoms with Crippen molar-refractivity contribution in [3.63, 3.8) is 0 Å². The van der Waals surface area contributed by atoms with Gasteiger partial charge in [0.05, 0.1) is 11.2 Å². The van der Waals surface area contributed by atoms with E-state index in [2.05, 4.69) is 16.9 Å². The summed E-state index contributed by atoms with van der Waals surface area (Å²) in [5, 5.41) is 0.761. The number of hydrogen-bond donors (Lipinski definition) is 0. The second-order valence-electron chi connectivity index (χ2n) is 5.21. The molecule has 0 radical (unpaired) electrons. The maximum absolute atomic E-state index is 5.92. The Kier molecular flexibility index (Phi) is 3.39. The predicted octanol–water partition coefficient (Wildman–Crippen LogP) is 3.25. The number of aromatic nitrogens is 1. The van der Waals surface area contributed by atoms with E-state index in [1.165, 1.54) is 19.3 Å². The normalized spacial score (nSPS) is 30.9. The molecule has 18 heavy (non-hydrogen) atoms. The van der Waals surface area contributed by atoms with E-state index in [1.807, 2.05) is 0 Å². The third-order valence-corrected chi connectivity index (χ3v) is 4.97. The van der Waals surface area contributed by atoms with Crippen LogP contribution in [0.15, 0.2) is 12.3 Å². The molecule has 1 aromatic heterocycles. The molecule has 2 heterocycles. The zero-order chi connectivity index (χ0) is 12.7. The molecule has 0 spiro atoms. The number of halogens is 2. The minimum absolute atomic E-state index is 0.320. The standard InChI is InChI=1S/C13H16Cl2N2O/c1-17-9-3-2-8(4-9)12(17)7-18-10-5-11(14)13(15)16-6-10/h5-6,8-9,12H,2-4,7H2,1H3/t8-,9+,12?/m1/s1. The Balaban J connectivity index is 1.62. The lowest BCUT2D eigenvalue weighted by Crippen LogP contribution is -2.41. The lowest BCUT2D eigenvalue weighted by Gasteiger charge is -2.31. The van der Waals surface area contributed by atoms with Crippen LogP contribution in [0, 0.1) is 5.92 Å². The molecule has 1 saturated carbocycles. The van der Waals surface area contributed by atoms with Gasteiger partial charge in [0.1, 0.15) is 17.5 Å². The minimum atomic E-state index is 0.320. The number of likely N-dealkylation sites (tertiary alicyclic amines) is 1. The highest BCUT2D eigenvalue weighted by Gasteiger charge is 2.43. The summed E-state index contributed by atoms with van der Waals surface area (Å²) in [7, 11) is 2.20. The summed E-state index contributed by atoms with van der Waals surface area (Å²) in [4.78, 5) is 6.44. The Bertz CT molecular complexity index is 453. The van der Waals surface area contributed by atoms with Gasteiger partial charge in [-0.3, -0.25) is 4.90 Å². The van der Waals surface area contributed by atoms with Crippen molar-refractivity contribution in [2.75, 3.05) is 13.7 Å². The molecule has 5 heteroatoms. The molecule has 3 atom stereocenters. The zero-order valence-electron chi connectivity index (χ0n) is 10.3. The highest BCUT2D eigenvalue weighted by atomic mass is 35.5. The van der Waals surface area contributed by atoms with Crippen molar-refractivity contribution in [2.45, 2.75) is 31.3 Å². The van der Waals surface area contributed by atoms with Crippen molar-refractivity contribution >= 4 is 23.2 Å². The third-order valence-electron chi connectivity index (χ3n) is 4.28. The number of nitrogens with zero attached hydrogens (tertiary/aromatic N) is 2. The fraction of sp³-hybridized carbons (Fsp3) is 0.615. The highest BCUT2D eigenvalue weighted by Crippen LogP contribution is 2.41. The monoisotopic (exact) mass is 286 g/mol.